The van der Waals surface area contributed by atoms with Gasteiger partial charge in [-0.25, -0.2) is 9.18 Å². The number of anilines is 1. The molecule has 0 radical (unpaired) electrons. The van der Waals surface area contributed by atoms with Gasteiger partial charge < -0.3 is 16.4 Å². The third kappa shape index (κ3) is 4.21. The molecule has 0 saturated heterocycles. The zero-order valence-electron chi connectivity index (χ0n) is 10.9. The number of nitrogens with two attached hydrogens (primary N) is 1. The molecule has 1 aromatic carbocycles. The highest BCUT2D eigenvalue weighted by molar-refractivity contribution is 5.89. The highest BCUT2D eigenvalue weighted by Gasteiger charge is 2.21. The van der Waals surface area contributed by atoms with Gasteiger partial charge in [-0.2, -0.15) is 0 Å². The fraction of sp³-hybridized carbons (Fsp3) is 0.500. The van der Waals surface area contributed by atoms with Crippen LogP contribution in [0.1, 0.15) is 25.7 Å². The summed E-state index contributed by atoms with van der Waals surface area (Å²) < 4.78 is 13.0. The average molecular weight is 265 g/mol. The lowest BCUT2D eigenvalue weighted by Crippen LogP contribution is -2.42. The van der Waals surface area contributed by atoms with Gasteiger partial charge in [0.25, 0.3) is 0 Å². The van der Waals surface area contributed by atoms with Gasteiger partial charge in [0, 0.05) is 18.3 Å². The molecule has 0 aliphatic heterocycles. The molecule has 0 aromatic heterocycles. The first kappa shape index (κ1) is 13.8. The van der Waals surface area contributed by atoms with E-state index in [2.05, 4.69) is 10.6 Å². The molecule has 1 aliphatic carbocycles. The van der Waals surface area contributed by atoms with E-state index in [0.29, 0.717) is 18.2 Å². The smallest absolute Gasteiger partial charge is 0.319 e. The number of carbonyl (C=O) groups is 1. The average Bonchev–Trinajstić information content (AvgIpc) is 2.38. The maximum atomic E-state index is 13.0. The summed E-state index contributed by atoms with van der Waals surface area (Å²) in [4.78, 5) is 11.7. The van der Waals surface area contributed by atoms with Crippen LogP contribution >= 0.6 is 0 Å². The number of hydrogen-bond donors (Lipinski definition) is 3. The van der Waals surface area contributed by atoms with E-state index in [0.717, 1.165) is 12.8 Å². The van der Waals surface area contributed by atoms with E-state index in [9.17, 15) is 9.18 Å². The van der Waals surface area contributed by atoms with Crippen LogP contribution in [0.25, 0.3) is 0 Å². The molecule has 4 N–H and O–H groups in total. The second-order valence-electron chi connectivity index (χ2n) is 5.05. The van der Waals surface area contributed by atoms with Crippen LogP contribution in [-0.4, -0.2) is 18.6 Å². The van der Waals surface area contributed by atoms with E-state index in [1.165, 1.54) is 25.0 Å². The van der Waals surface area contributed by atoms with Gasteiger partial charge in [-0.05, 0) is 37.0 Å². The molecule has 1 fully saturated rings. The third-order valence-corrected chi connectivity index (χ3v) is 3.58. The predicted molar refractivity (Wildman–Crippen MR) is 73.4 cm³/mol. The largest absolute Gasteiger partial charge is 0.338 e. The van der Waals surface area contributed by atoms with Crippen LogP contribution in [0.15, 0.2) is 24.3 Å². The summed E-state index contributed by atoms with van der Waals surface area (Å²) in [6.07, 6.45) is 4.43. The topological polar surface area (TPSA) is 67.1 Å². The SMILES string of the molecule is NC1CCCCC1CNC(=O)Nc1cccc(F)c1. The molecular weight excluding hydrogens is 245 g/mol. The lowest BCUT2D eigenvalue weighted by atomic mass is 9.85. The summed E-state index contributed by atoms with van der Waals surface area (Å²) in [5, 5.41) is 5.40. The highest BCUT2D eigenvalue weighted by Crippen LogP contribution is 2.22. The number of urea groups is 1. The van der Waals surface area contributed by atoms with E-state index < -0.39 is 0 Å². The first-order chi connectivity index (χ1) is 9.15. The molecule has 0 heterocycles. The predicted octanol–water partition coefficient (Wildman–Crippen LogP) is 2.46. The van der Waals surface area contributed by atoms with Crippen molar-refractivity contribution in [1.82, 2.24) is 5.32 Å². The third-order valence-electron chi connectivity index (χ3n) is 3.58. The van der Waals surface area contributed by atoms with Crippen LogP contribution in [0.2, 0.25) is 0 Å². The Morgan fingerprint density at radius 2 is 2.16 bits per heavy atom. The highest BCUT2D eigenvalue weighted by atomic mass is 19.1. The Labute approximate surface area is 112 Å². The number of halogens is 1. The minimum atomic E-state index is -0.368. The van der Waals surface area contributed by atoms with Crippen molar-refractivity contribution in [3.63, 3.8) is 0 Å². The summed E-state index contributed by atoms with van der Waals surface area (Å²) in [5.74, 6) is -0.0286. The summed E-state index contributed by atoms with van der Waals surface area (Å²) >= 11 is 0. The molecule has 2 atom stereocenters. The van der Waals surface area contributed by atoms with Crippen molar-refractivity contribution < 1.29 is 9.18 Å². The first-order valence-corrected chi connectivity index (χ1v) is 6.71. The van der Waals surface area contributed by atoms with Crippen LogP contribution < -0.4 is 16.4 Å². The van der Waals surface area contributed by atoms with Gasteiger partial charge >= 0.3 is 6.03 Å². The van der Waals surface area contributed by atoms with Gasteiger partial charge in [0.05, 0.1) is 0 Å². The Morgan fingerprint density at radius 1 is 1.37 bits per heavy atom. The molecule has 1 aliphatic rings. The van der Waals surface area contributed by atoms with Crippen molar-refractivity contribution in [2.24, 2.45) is 11.7 Å². The maximum absolute atomic E-state index is 13.0. The Balaban J connectivity index is 1.78. The summed E-state index contributed by atoms with van der Waals surface area (Å²) in [7, 11) is 0. The minimum Gasteiger partial charge on any atom is -0.338 e. The summed E-state index contributed by atoms with van der Waals surface area (Å²) in [6.45, 7) is 0.572. The Morgan fingerprint density at radius 3 is 2.89 bits per heavy atom. The number of rotatable bonds is 3. The van der Waals surface area contributed by atoms with Gasteiger partial charge in [-0.1, -0.05) is 18.9 Å². The van der Waals surface area contributed by atoms with Gasteiger partial charge in [-0.3, -0.25) is 0 Å². The fourth-order valence-corrected chi connectivity index (χ4v) is 2.46. The van der Waals surface area contributed by atoms with Crippen molar-refractivity contribution in [3.05, 3.63) is 30.1 Å². The molecule has 2 rings (SSSR count). The van der Waals surface area contributed by atoms with E-state index in [1.807, 2.05) is 0 Å². The molecule has 19 heavy (non-hydrogen) atoms. The fourth-order valence-electron chi connectivity index (χ4n) is 2.46. The second kappa shape index (κ2) is 6.52. The van der Waals surface area contributed by atoms with Gasteiger partial charge in [-0.15, -0.1) is 0 Å². The number of amides is 2. The van der Waals surface area contributed by atoms with E-state index >= 15 is 0 Å². The molecule has 104 valence electrons. The standard InChI is InChI=1S/C14H20FN3O/c15-11-5-3-6-12(8-11)18-14(19)17-9-10-4-1-2-7-13(10)16/h3,5-6,8,10,13H,1-2,4,7,9,16H2,(H2,17,18,19). The molecule has 4 nitrogen and oxygen atoms in total. The van der Waals surface area contributed by atoms with Crippen molar-refractivity contribution in [2.45, 2.75) is 31.7 Å². The molecule has 1 aromatic rings. The van der Waals surface area contributed by atoms with Gasteiger partial charge in [0.1, 0.15) is 5.82 Å². The van der Waals surface area contributed by atoms with Crippen LogP contribution in [-0.2, 0) is 0 Å². The van der Waals surface area contributed by atoms with Crippen molar-refractivity contribution >= 4 is 11.7 Å². The van der Waals surface area contributed by atoms with E-state index in [-0.39, 0.29) is 17.9 Å². The maximum Gasteiger partial charge on any atom is 0.319 e. The lowest BCUT2D eigenvalue weighted by molar-refractivity contribution is 0.244. The van der Waals surface area contributed by atoms with Gasteiger partial charge in [0.15, 0.2) is 0 Å². The number of carbonyl (C=O) groups excluding carboxylic acids is 1. The monoisotopic (exact) mass is 265 g/mol. The number of benzene rings is 1. The molecule has 2 unspecified atom stereocenters. The van der Waals surface area contributed by atoms with Crippen LogP contribution in [0, 0.1) is 11.7 Å². The van der Waals surface area contributed by atoms with Gasteiger partial charge in [0.2, 0.25) is 0 Å². The lowest BCUT2D eigenvalue weighted by Gasteiger charge is -2.28. The molecule has 0 spiro atoms. The quantitative estimate of drug-likeness (QED) is 0.786. The number of hydrogen-bond acceptors (Lipinski definition) is 2. The minimum absolute atomic E-state index is 0.170. The van der Waals surface area contributed by atoms with Crippen molar-refractivity contribution in [2.75, 3.05) is 11.9 Å². The molecular formula is C14H20FN3O. The molecule has 2 amide bonds. The first-order valence-electron chi connectivity index (χ1n) is 6.71. The van der Waals surface area contributed by atoms with Crippen LogP contribution in [0.4, 0.5) is 14.9 Å². The van der Waals surface area contributed by atoms with Crippen LogP contribution in [0.5, 0.6) is 0 Å². The van der Waals surface area contributed by atoms with Crippen LogP contribution in [0.3, 0.4) is 0 Å². The second-order valence-corrected chi connectivity index (χ2v) is 5.05. The van der Waals surface area contributed by atoms with Crippen molar-refractivity contribution in [3.8, 4) is 0 Å². The molecule has 5 heteroatoms. The van der Waals surface area contributed by atoms with E-state index in [4.69, 9.17) is 5.73 Å². The Hall–Kier alpha value is -1.62. The summed E-state index contributed by atoms with van der Waals surface area (Å²) in [6, 6.07) is 5.68. The Bertz CT molecular complexity index is 438. The zero-order valence-corrected chi connectivity index (χ0v) is 10.9. The normalized spacial score (nSPS) is 22.8. The summed E-state index contributed by atoms with van der Waals surface area (Å²) in [5.41, 5.74) is 6.47. The number of nitrogens with one attached hydrogen (secondary N) is 2. The van der Waals surface area contributed by atoms with E-state index in [1.54, 1.807) is 12.1 Å². The Kier molecular flexibility index (Phi) is 4.74. The molecule has 0 bridgehead atoms. The van der Waals surface area contributed by atoms with Crippen molar-refractivity contribution in [1.29, 1.82) is 0 Å². The molecule has 1 saturated carbocycles. The zero-order chi connectivity index (χ0) is 13.7.